The van der Waals surface area contributed by atoms with Crippen LogP contribution in [0.3, 0.4) is 0 Å². The van der Waals surface area contributed by atoms with Crippen molar-refractivity contribution in [3.05, 3.63) is 16.8 Å². The summed E-state index contributed by atoms with van der Waals surface area (Å²) >= 11 is 6.19. The van der Waals surface area contributed by atoms with Gasteiger partial charge in [-0.05, 0) is 6.92 Å². The molecule has 2 rings (SSSR count). The van der Waals surface area contributed by atoms with Gasteiger partial charge in [-0.25, -0.2) is 9.78 Å². The minimum atomic E-state index is -1.73. The van der Waals surface area contributed by atoms with Crippen LogP contribution < -0.4 is 11.4 Å². The highest BCUT2D eigenvalue weighted by atomic mass is 35.5. The zero-order valence-electron chi connectivity index (χ0n) is 10.5. The lowest BCUT2D eigenvalue weighted by molar-refractivity contribution is -0.0775. The van der Waals surface area contributed by atoms with Crippen LogP contribution >= 0.6 is 11.6 Å². The second kappa shape index (κ2) is 5.03. The first kappa shape index (κ1) is 14.7. The lowest BCUT2D eigenvalue weighted by Gasteiger charge is -2.25. The van der Waals surface area contributed by atoms with Gasteiger partial charge >= 0.3 is 5.69 Å². The van der Waals surface area contributed by atoms with Crippen molar-refractivity contribution in [2.24, 2.45) is 0 Å². The number of halogens is 1. The van der Waals surface area contributed by atoms with Crippen LogP contribution in [0, 0.1) is 12.3 Å². The number of nitrogens with zero attached hydrogens (tertiary/aromatic N) is 3. The van der Waals surface area contributed by atoms with E-state index in [9.17, 15) is 15.0 Å². The molecule has 8 nitrogen and oxygen atoms in total. The third kappa shape index (κ3) is 2.14. The minimum absolute atomic E-state index is 0.210. The van der Waals surface area contributed by atoms with E-state index in [4.69, 9.17) is 28.5 Å². The van der Waals surface area contributed by atoms with Crippen LogP contribution in [0.5, 0.6) is 0 Å². The Labute approximate surface area is 119 Å². The molecule has 4 N–H and O–H groups in total. The zero-order valence-corrected chi connectivity index (χ0v) is 11.2. The maximum atomic E-state index is 11.8. The fourth-order valence-electron chi connectivity index (χ4n) is 2.03. The van der Waals surface area contributed by atoms with E-state index in [1.165, 1.54) is 6.92 Å². The summed E-state index contributed by atoms with van der Waals surface area (Å²) < 4.78 is 6.34. The summed E-state index contributed by atoms with van der Waals surface area (Å²) in [5, 5.41) is 19.7. The number of aliphatic hydroxyl groups excluding tert-OH is 2. The zero-order chi connectivity index (χ0) is 15.1. The van der Waals surface area contributed by atoms with Crippen molar-refractivity contribution in [1.29, 1.82) is 0 Å². The lowest BCUT2D eigenvalue weighted by atomic mass is 9.97. The maximum absolute atomic E-state index is 11.8. The van der Waals surface area contributed by atoms with Crippen molar-refractivity contribution < 1.29 is 14.9 Å². The van der Waals surface area contributed by atoms with E-state index in [0.29, 0.717) is 0 Å². The van der Waals surface area contributed by atoms with Gasteiger partial charge in [0, 0.05) is 0 Å². The van der Waals surface area contributed by atoms with Crippen LogP contribution in [0.2, 0.25) is 0 Å². The molecule has 0 saturated carbocycles. The van der Waals surface area contributed by atoms with Crippen molar-refractivity contribution in [1.82, 2.24) is 14.5 Å². The molecule has 1 aliphatic rings. The third-order valence-electron chi connectivity index (χ3n) is 3.08. The number of hydrogen-bond donors (Lipinski definition) is 3. The number of aromatic nitrogens is 3. The van der Waals surface area contributed by atoms with Gasteiger partial charge in [0.15, 0.2) is 11.1 Å². The summed E-state index contributed by atoms with van der Waals surface area (Å²) in [6.07, 6.45) is 1.74. The summed E-state index contributed by atoms with van der Waals surface area (Å²) in [6, 6.07) is 0. The second-order valence-electron chi connectivity index (χ2n) is 4.46. The molecule has 20 heavy (non-hydrogen) atoms. The van der Waals surface area contributed by atoms with E-state index in [2.05, 4.69) is 15.9 Å². The molecule has 0 aliphatic carbocycles. The average molecular weight is 301 g/mol. The van der Waals surface area contributed by atoms with Gasteiger partial charge in [0.05, 0.1) is 6.10 Å². The summed E-state index contributed by atoms with van der Waals surface area (Å²) in [6.45, 7) is 1.41. The molecule has 1 unspecified atom stereocenters. The highest BCUT2D eigenvalue weighted by Crippen LogP contribution is 2.43. The van der Waals surface area contributed by atoms with E-state index >= 15 is 0 Å². The van der Waals surface area contributed by atoms with Gasteiger partial charge in [0.1, 0.15) is 18.5 Å². The van der Waals surface area contributed by atoms with Gasteiger partial charge in [0.25, 0.3) is 0 Å². The molecule has 5 atom stereocenters. The Morgan fingerprint density at radius 1 is 1.75 bits per heavy atom. The fourth-order valence-corrected chi connectivity index (χ4v) is 2.31. The number of aliphatic hydroxyl groups is 2. The number of anilines is 1. The highest BCUT2D eigenvalue weighted by Gasteiger charge is 2.57. The number of nitrogens with two attached hydrogens (primary N) is 1. The summed E-state index contributed by atoms with van der Waals surface area (Å²) in [5.41, 5.74) is 4.51. The molecule has 108 valence electrons. The van der Waals surface area contributed by atoms with Gasteiger partial charge in [-0.1, -0.05) is 17.5 Å². The van der Waals surface area contributed by atoms with Crippen molar-refractivity contribution in [3.8, 4) is 12.3 Å². The normalized spacial score (nSPS) is 34.6. The molecule has 1 fully saturated rings. The van der Waals surface area contributed by atoms with Crippen molar-refractivity contribution in [3.63, 3.8) is 0 Å². The molecule has 1 aromatic rings. The first-order chi connectivity index (χ1) is 9.31. The van der Waals surface area contributed by atoms with E-state index in [0.717, 1.165) is 10.9 Å². The molecular formula is C11H13ClN4O4. The standard InChI is InChI=1S/C11H13ClN4O4/c1-3-11(12)7(18)6(5(2)17)20-8(11)16-4-14-9(13)15-10(16)19/h1,4-8,17-18H,2H3,(H2,13,15,19)/t5-,6-,7?,8-,11-/m1/s1. The van der Waals surface area contributed by atoms with Gasteiger partial charge in [-0.15, -0.1) is 6.42 Å². The predicted molar refractivity (Wildman–Crippen MR) is 69.7 cm³/mol. The smallest absolute Gasteiger partial charge is 0.354 e. The average Bonchev–Trinajstić information content (AvgIpc) is 2.64. The Morgan fingerprint density at radius 2 is 2.40 bits per heavy atom. The number of rotatable bonds is 2. The van der Waals surface area contributed by atoms with Crippen LogP contribution in [0.25, 0.3) is 0 Å². The Kier molecular flexibility index (Phi) is 3.71. The Morgan fingerprint density at radius 3 is 2.90 bits per heavy atom. The first-order valence-electron chi connectivity index (χ1n) is 5.70. The van der Waals surface area contributed by atoms with Crippen LogP contribution in [-0.2, 0) is 4.74 Å². The molecule has 1 aromatic heterocycles. The number of ether oxygens (including phenoxy) is 1. The van der Waals surface area contributed by atoms with Gasteiger partial charge in [-0.3, -0.25) is 4.57 Å². The van der Waals surface area contributed by atoms with Crippen molar-refractivity contribution in [2.75, 3.05) is 5.73 Å². The molecule has 0 aromatic carbocycles. The van der Waals surface area contributed by atoms with Gasteiger partial charge in [-0.2, -0.15) is 4.98 Å². The monoisotopic (exact) mass is 300 g/mol. The topological polar surface area (TPSA) is 123 Å². The molecule has 0 amide bonds. The lowest BCUT2D eigenvalue weighted by Crippen LogP contribution is -2.44. The Bertz CT molecular complexity index is 613. The SMILES string of the molecule is C#C[C@@]1(Cl)C(O)[C@@H]([C@@H](C)O)O[C@H]1n1cnc(N)nc1=O. The molecule has 9 heteroatoms. The van der Waals surface area contributed by atoms with Gasteiger partial charge in [0.2, 0.25) is 5.95 Å². The molecule has 0 radical (unpaired) electrons. The minimum Gasteiger partial charge on any atom is -0.391 e. The summed E-state index contributed by atoms with van der Waals surface area (Å²) in [5.74, 6) is 1.99. The predicted octanol–water partition coefficient (Wildman–Crippen LogP) is -1.53. The van der Waals surface area contributed by atoms with E-state index in [1.54, 1.807) is 0 Å². The Hall–Kier alpha value is -1.66. The van der Waals surface area contributed by atoms with Gasteiger partial charge < -0.3 is 20.7 Å². The second-order valence-corrected chi connectivity index (χ2v) is 5.08. The quantitative estimate of drug-likeness (QED) is 0.447. The fraction of sp³-hybridized carbons (Fsp3) is 0.545. The first-order valence-corrected chi connectivity index (χ1v) is 6.08. The highest BCUT2D eigenvalue weighted by molar-refractivity contribution is 6.27. The molecule has 1 aliphatic heterocycles. The Balaban J connectivity index is 2.50. The van der Waals surface area contributed by atoms with E-state index < -0.39 is 35.1 Å². The van der Waals surface area contributed by atoms with Crippen molar-refractivity contribution >= 4 is 17.5 Å². The third-order valence-corrected chi connectivity index (χ3v) is 3.60. The van der Waals surface area contributed by atoms with E-state index in [-0.39, 0.29) is 5.95 Å². The molecule has 1 saturated heterocycles. The number of terminal acetylenes is 1. The number of alkyl halides is 1. The van der Waals surface area contributed by atoms with Crippen LogP contribution in [-0.4, -0.2) is 47.9 Å². The van der Waals surface area contributed by atoms with Crippen molar-refractivity contribution in [2.45, 2.75) is 36.3 Å². The van der Waals surface area contributed by atoms with Crippen LogP contribution in [0.1, 0.15) is 13.2 Å². The largest absolute Gasteiger partial charge is 0.391 e. The van der Waals surface area contributed by atoms with Crippen LogP contribution in [0.4, 0.5) is 5.95 Å². The molecule has 0 spiro atoms. The molecule has 2 heterocycles. The number of nitrogen functional groups attached to an aromatic ring is 1. The molecule has 0 bridgehead atoms. The van der Waals surface area contributed by atoms with E-state index in [1.807, 2.05) is 0 Å². The summed E-state index contributed by atoms with van der Waals surface area (Å²) in [7, 11) is 0. The molecular weight excluding hydrogens is 288 g/mol. The van der Waals surface area contributed by atoms with Crippen LogP contribution in [0.15, 0.2) is 11.1 Å². The maximum Gasteiger partial charge on any atom is 0.354 e. The summed E-state index contributed by atoms with van der Waals surface area (Å²) in [4.78, 5) is 17.2. The number of hydrogen-bond acceptors (Lipinski definition) is 7.